The standard InChI is InChI=1S/C24H33N5O4/c1-6-33-20-10-8-7-9-17(20)14-26-21(30)18-13-19-22(31)28(5)24(4,15-29(19)27-18)23(32)25-12-11-16(2)3/h7-10,13,16H,6,11-12,14-15H2,1-5H3,(H,25,32)(H,26,30)/t24-/m0/s1. The summed E-state index contributed by atoms with van der Waals surface area (Å²) in [6.07, 6.45) is 0.850. The Labute approximate surface area is 194 Å². The van der Waals surface area contributed by atoms with Crippen LogP contribution in [0.2, 0.25) is 0 Å². The van der Waals surface area contributed by atoms with Gasteiger partial charge in [0, 0.05) is 31.8 Å². The van der Waals surface area contributed by atoms with Gasteiger partial charge in [-0.15, -0.1) is 0 Å². The molecule has 0 bridgehead atoms. The number of nitrogens with one attached hydrogen (secondary N) is 2. The Bertz CT molecular complexity index is 1030. The molecule has 9 nitrogen and oxygen atoms in total. The van der Waals surface area contributed by atoms with E-state index in [4.69, 9.17) is 4.74 Å². The highest BCUT2D eigenvalue weighted by molar-refractivity contribution is 6.01. The Morgan fingerprint density at radius 1 is 1.24 bits per heavy atom. The molecular weight excluding hydrogens is 422 g/mol. The average molecular weight is 456 g/mol. The van der Waals surface area contributed by atoms with Crippen LogP contribution in [-0.4, -0.2) is 58.1 Å². The lowest BCUT2D eigenvalue weighted by atomic mass is 9.95. The smallest absolute Gasteiger partial charge is 0.272 e. The summed E-state index contributed by atoms with van der Waals surface area (Å²) < 4.78 is 7.05. The first-order chi connectivity index (χ1) is 15.7. The molecule has 2 heterocycles. The quantitative estimate of drug-likeness (QED) is 0.603. The molecule has 3 amide bonds. The maximum Gasteiger partial charge on any atom is 0.272 e. The summed E-state index contributed by atoms with van der Waals surface area (Å²) in [5.41, 5.74) is 0.158. The minimum absolute atomic E-state index is 0.130. The number of carbonyl (C=O) groups excluding carboxylic acids is 3. The molecule has 1 aliphatic heterocycles. The van der Waals surface area contributed by atoms with Crippen molar-refractivity contribution in [1.82, 2.24) is 25.3 Å². The number of hydrogen-bond donors (Lipinski definition) is 2. The molecule has 1 aliphatic rings. The van der Waals surface area contributed by atoms with E-state index in [1.807, 2.05) is 31.2 Å². The molecule has 2 aromatic rings. The molecule has 3 rings (SSSR count). The second kappa shape index (κ2) is 10.1. The van der Waals surface area contributed by atoms with E-state index in [1.54, 1.807) is 14.0 Å². The van der Waals surface area contributed by atoms with E-state index < -0.39 is 11.4 Å². The van der Waals surface area contributed by atoms with E-state index >= 15 is 0 Å². The van der Waals surface area contributed by atoms with Gasteiger partial charge in [0.1, 0.15) is 17.0 Å². The van der Waals surface area contributed by atoms with Crippen LogP contribution >= 0.6 is 0 Å². The van der Waals surface area contributed by atoms with E-state index in [2.05, 4.69) is 29.6 Å². The third-order valence-corrected chi connectivity index (χ3v) is 5.94. The highest BCUT2D eigenvalue weighted by Crippen LogP contribution is 2.26. The molecule has 0 unspecified atom stereocenters. The number of likely N-dealkylation sites (N-methyl/N-ethyl adjacent to an activating group) is 1. The summed E-state index contributed by atoms with van der Waals surface area (Å²) in [4.78, 5) is 40.1. The summed E-state index contributed by atoms with van der Waals surface area (Å²) in [5.74, 6) is 0.181. The minimum Gasteiger partial charge on any atom is -0.494 e. The van der Waals surface area contributed by atoms with Gasteiger partial charge >= 0.3 is 0 Å². The first kappa shape index (κ1) is 24.3. The van der Waals surface area contributed by atoms with Crippen LogP contribution in [0.25, 0.3) is 0 Å². The van der Waals surface area contributed by atoms with Crippen LogP contribution in [0.5, 0.6) is 5.75 Å². The van der Waals surface area contributed by atoms with Gasteiger partial charge in [-0.05, 0) is 32.3 Å². The van der Waals surface area contributed by atoms with Crippen molar-refractivity contribution in [3.63, 3.8) is 0 Å². The SMILES string of the molecule is CCOc1ccccc1CNC(=O)c1cc2n(n1)C[C@@](C)(C(=O)NCCC(C)C)N(C)C2=O. The molecule has 1 aromatic carbocycles. The van der Waals surface area contributed by atoms with E-state index in [1.165, 1.54) is 15.6 Å². The van der Waals surface area contributed by atoms with Gasteiger partial charge in [-0.1, -0.05) is 32.0 Å². The number of hydrogen-bond acceptors (Lipinski definition) is 5. The fourth-order valence-electron chi connectivity index (χ4n) is 3.72. The zero-order chi connectivity index (χ0) is 24.2. The van der Waals surface area contributed by atoms with Crippen molar-refractivity contribution in [2.45, 2.75) is 52.7 Å². The number of fused-ring (bicyclic) bond motifs is 1. The first-order valence-electron chi connectivity index (χ1n) is 11.3. The molecule has 9 heteroatoms. The summed E-state index contributed by atoms with van der Waals surface area (Å²) in [6, 6.07) is 8.95. The predicted octanol–water partition coefficient (Wildman–Crippen LogP) is 2.22. The van der Waals surface area contributed by atoms with Crippen molar-refractivity contribution >= 4 is 17.7 Å². The number of aromatic nitrogens is 2. The summed E-state index contributed by atoms with van der Waals surface area (Å²) in [7, 11) is 1.60. The lowest BCUT2D eigenvalue weighted by Gasteiger charge is -2.40. The fraction of sp³-hybridized carbons (Fsp3) is 0.500. The Morgan fingerprint density at radius 3 is 2.67 bits per heavy atom. The van der Waals surface area contributed by atoms with Gasteiger partial charge in [-0.25, -0.2) is 0 Å². The van der Waals surface area contributed by atoms with Gasteiger partial charge < -0.3 is 20.3 Å². The Morgan fingerprint density at radius 2 is 1.97 bits per heavy atom. The molecule has 0 spiro atoms. The topological polar surface area (TPSA) is 106 Å². The molecule has 1 aromatic heterocycles. The largest absolute Gasteiger partial charge is 0.494 e. The third-order valence-electron chi connectivity index (χ3n) is 5.94. The molecule has 178 valence electrons. The summed E-state index contributed by atoms with van der Waals surface area (Å²) in [5, 5.41) is 10.1. The summed E-state index contributed by atoms with van der Waals surface area (Å²) in [6.45, 7) is 9.28. The van der Waals surface area contributed by atoms with Gasteiger partial charge in [0.2, 0.25) is 5.91 Å². The maximum absolute atomic E-state index is 13.0. The van der Waals surface area contributed by atoms with Gasteiger partial charge in [0.15, 0.2) is 5.69 Å². The molecule has 0 aliphatic carbocycles. The van der Waals surface area contributed by atoms with Crippen molar-refractivity contribution in [2.24, 2.45) is 5.92 Å². The number of para-hydroxylation sites is 1. The third kappa shape index (κ3) is 5.18. The van der Waals surface area contributed by atoms with Crippen LogP contribution in [0.3, 0.4) is 0 Å². The van der Waals surface area contributed by atoms with Gasteiger partial charge in [0.05, 0.1) is 13.2 Å². The van der Waals surface area contributed by atoms with Crippen molar-refractivity contribution < 1.29 is 19.1 Å². The minimum atomic E-state index is -1.10. The second-order valence-electron chi connectivity index (χ2n) is 8.87. The highest BCUT2D eigenvalue weighted by Gasteiger charge is 2.46. The van der Waals surface area contributed by atoms with Gasteiger partial charge in [-0.2, -0.15) is 5.10 Å². The molecule has 33 heavy (non-hydrogen) atoms. The molecule has 2 N–H and O–H groups in total. The first-order valence-corrected chi connectivity index (χ1v) is 11.3. The van der Waals surface area contributed by atoms with Gasteiger partial charge in [-0.3, -0.25) is 19.1 Å². The van der Waals surface area contributed by atoms with Crippen molar-refractivity contribution in [3.8, 4) is 5.75 Å². The van der Waals surface area contributed by atoms with E-state index in [9.17, 15) is 14.4 Å². The molecule has 0 radical (unpaired) electrons. The average Bonchev–Trinajstić information content (AvgIpc) is 3.20. The predicted molar refractivity (Wildman–Crippen MR) is 124 cm³/mol. The lowest BCUT2D eigenvalue weighted by molar-refractivity contribution is -0.132. The maximum atomic E-state index is 13.0. The van der Waals surface area contributed by atoms with Crippen LogP contribution in [0.1, 0.15) is 60.7 Å². The van der Waals surface area contributed by atoms with Crippen LogP contribution in [0.4, 0.5) is 0 Å². The van der Waals surface area contributed by atoms with Crippen molar-refractivity contribution in [1.29, 1.82) is 0 Å². The normalized spacial score (nSPS) is 17.6. The van der Waals surface area contributed by atoms with E-state index in [0.29, 0.717) is 24.8 Å². The fourth-order valence-corrected chi connectivity index (χ4v) is 3.72. The second-order valence-corrected chi connectivity index (χ2v) is 8.87. The van der Waals surface area contributed by atoms with Gasteiger partial charge in [0.25, 0.3) is 11.8 Å². The number of benzene rings is 1. The van der Waals surface area contributed by atoms with Crippen molar-refractivity contribution in [2.75, 3.05) is 20.2 Å². The molecular formula is C24H33N5O4. The Balaban J connectivity index is 1.73. The van der Waals surface area contributed by atoms with Crippen LogP contribution < -0.4 is 15.4 Å². The molecule has 0 saturated heterocycles. The molecule has 0 fully saturated rings. The van der Waals surface area contributed by atoms with Crippen LogP contribution in [0, 0.1) is 5.92 Å². The van der Waals surface area contributed by atoms with Crippen LogP contribution in [-0.2, 0) is 17.9 Å². The molecule has 1 atom stereocenters. The Hall–Kier alpha value is -3.36. The zero-order valence-corrected chi connectivity index (χ0v) is 20.0. The number of ether oxygens (including phenoxy) is 1. The van der Waals surface area contributed by atoms with E-state index in [-0.39, 0.29) is 36.3 Å². The van der Waals surface area contributed by atoms with Crippen LogP contribution in [0.15, 0.2) is 30.3 Å². The number of carbonyl (C=O) groups is 3. The molecule has 0 saturated carbocycles. The number of amides is 3. The zero-order valence-electron chi connectivity index (χ0n) is 20.0. The monoisotopic (exact) mass is 455 g/mol. The van der Waals surface area contributed by atoms with Crippen molar-refractivity contribution in [3.05, 3.63) is 47.3 Å². The Kier molecular flexibility index (Phi) is 7.40. The highest BCUT2D eigenvalue weighted by atomic mass is 16.5. The van der Waals surface area contributed by atoms with E-state index in [0.717, 1.165) is 12.0 Å². The number of rotatable bonds is 9. The lowest BCUT2D eigenvalue weighted by Crippen LogP contribution is -2.62. The summed E-state index contributed by atoms with van der Waals surface area (Å²) >= 11 is 0. The number of nitrogens with zero attached hydrogens (tertiary/aromatic N) is 3.